The first kappa shape index (κ1) is 22.0. The van der Waals surface area contributed by atoms with E-state index in [0.29, 0.717) is 11.3 Å². The molecule has 0 unspecified atom stereocenters. The Labute approximate surface area is 188 Å². The van der Waals surface area contributed by atoms with Crippen molar-refractivity contribution in [3.8, 4) is 0 Å². The van der Waals surface area contributed by atoms with Crippen LogP contribution in [0.5, 0.6) is 0 Å². The van der Waals surface area contributed by atoms with Crippen molar-refractivity contribution < 1.29 is 13.2 Å². The number of aromatic nitrogens is 3. The van der Waals surface area contributed by atoms with Gasteiger partial charge in [0.1, 0.15) is 5.82 Å². The quantitative estimate of drug-likeness (QED) is 0.595. The molecular formula is C23H27N5O3S. The summed E-state index contributed by atoms with van der Waals surface area (Å²) in [5.41, 5.74) is 2.80. The fourth-order valence-electron chi connectivity index (χ4n) is 3.79. The number of nitrogens with zero attached hydrogens (tertiary/aromatic N) is 3. The molecule has 2 aromatic carbocycles. The van der Waals surface area contributed by atoms with Gasteiger partial charge in [-0.2, -0.15) is 0 Å². The summed E-state index contributed by atoms with van der Waals surface area (Å²) >= 11 is 0. The molecule has 2 heterocycles. The van der Waals surface area contributed by atoms with Crippen molar-refractivity contribution in [1.29, 1.82) is 0 Å². The number of sulfonamides is 1. The van der Waals surface area contributed by atoms with Crippen LogP contribution in [-0.2, 0) is 29.5 Å². The maximum absolute atomic E-state index is 12.8. The zero-order valence-electron chi connectivity index (χ0n) is 18.3. The molecule has 1 aliphatic rings. The number of carbonyl (C=O) groups excluding carboxylic acids is 1. The molecule has 168 valence electrons. The molecule has 0 saturated carbocycles. The number of rotatable bonds is 6. The highest BCUT2D eigenvalue weighted by Crippen LogP contribution is 2.22. The molecule has 0 radical (unpaired) electrons. The summed E-state index contributed by atoms with van der Waals surface area (Å²) in [6.07, 6.45) is 4.27. The Hall–Kier alpha value is -3.20. The SMILES string of the molecule is Cc1cccc(NS(=O)(=O)c2ccc(C(=O)NCc3nnc4n3CCCCC4)cc2)c1C. The molecule has 32 heavy (non-hydrogen) atoms. The van der Waals surface area contributed by atoms with Gasteiger partial charge in [-0.15, -0.1) is 10.2 Å². The molecule has 0 aliphatic carbocycles. The van der Waals surface area contributed by atoms with Gasteiger partial charge < -0.3 is 9.88 Å². The average Bonchev–Trinajstić information content (AvgIpc) is 3.01. The van der Waals surface area contributed by atoms with Crippen molar-refractivity contribution in [3.63, 3.8) is 0 Å². The summed E-state index contributed by atoms with van der Waals surface area (Å²) < 4.78 is 30.2. The van der Waals surface area contributed by atoms with E-state index in [9.17, 15) is 13.2 Å². The molecule has 8 nitrogen and oxygen atoms in total. The van der Waals surface area contributed by atoms with Crippen LogP contribution in [0.1, 0.15) is 52.4 Å². The van der Waals surface area contributed by atoms with Crippen LogP contribution in [0.15, 0.2) is 47.4 Å². The normalized spacial score (nSPS) is 13.8. The second-order valence-corrected chi connectivity index (χ2v) is 9.74. The molecule has 0 fully saturated rings. The molecular weight excluding hydrogens is 426 g/mol. The first-order chi connectivity index (χ1) is 15.3. The van der Waals surface area contributed by atoms with E-state index >= 15 is 0 Å². The predicted molar refractivity (Wildman–Crippen MR) is 122 cm³/mol. The molecule has 4 rings (SSSR count). The summed E-state index contributed by atoms with van der Waals surface area (Å²) in [5.74, 6) is 1.42. The van der Waals surface area contributed by atoms with E-state index in [4.69, 9.17) is 0 Å². The van der Waals surface area contributed by atoms with Crippen molar-refractivity contribution in [1.82, 2.24) is 20.1 Å². The molecule has 1 aromatic heterocycles. The molecule has 3 aromatic rings. The summed E-state index contributed by atoms with van der Waals surface area (Å²) in [4.78, 5) is 12.7. The van der Waals surface area contributed by atoms with Gasteiger partial charge in [-0.3, -0.25) is 9.52 Å². The molecule has 0 saturated heterocycles. The van der Waals surface area contributed by atoms with E-state index < -0.39 is 10.0 Å². The minimum absolute atomic E-state index is 0.0951. The third-order valence-corrected chi connectivity index (χ3v) is 7.25. The second kappa shape index (κ2) is 9.12. The van der Waals surface area contributed by atoms with Crippen molar-refractivity contribution in [3.05, 3.63) is 70.8 Å². The molecule has 1 aliphatic heterocycles. The van der Waals surface area contributed by atoms with Crippen LogP contribution < -0.4 is 10.0 Å². The Morgan fingerprint density at radius 1 is 1.03 bits per heavy atom. The smallest absolute Gasteiger partial charge is 0.261 e. The van der Waals surface area contributed by atoms with Crippen molar-refractivity contribution in [2.45, 2.75) is 57.5 Å². The average molecular weight is 454 g/mol. The Kier molecular flexibility index (Phi) is 6.27. The van der Waals surface area contributed by atoms with Gasteiger partial charge in [0, 0.05) is 18.5 Å². The highest BCUT2D eigenvalue weighted by atomic mass is 32.2. The summed E-state index contributed by atoms with van der Waals surface area (Å²) in [6, 6.07) is 11.4. The van der Waals surface area contributed by atoms with Crippen LogP contribution in [0, 0.1) is 13.8 Å². The number of benzene rings is 2. The Morgan fingerprint density at radius 2 is 1.81 bits per heavy atom. The van der Waals surface area contributed by atoms with E-state index in [1.54, 1.807) is 6.07 Å². The van der Waals surface area contributed by atoms with Crippen LogP contribution >= 0.6 is 0 Å². The van der Waals surface area contributed by atoms with Crippen LogP contribution in [0.2, 0.25) is 0 Å². The summed E-state index contributed by atoms with van der Waals surface area (Å²) in [6.45, 7) is 4.94. The molecule has 9 heteroatoms. The van der Waals surface area contributed by atoms with E-state index in [0.717, 1.165) is 48.6 Å². The molecule has 0 spiro atoms. The third kappa shape index (κ3) is 4.67. The third-order valence-electron chi connectivity index (χ3n) is 5.87. The van der Waals surface area contributed by atoms with E-state index in [1.165, 1.54) is 30.7 Å². The van der Waals surface area contributed by atoms with E-state index in [-0.39, 0.29) is 17.3 Å². The fourth-order valence-corrected chi connectivity index (χ4v) is 4.91. The largest absolute Gasteiger partial charge is 0.345 e. The number of amides is 1. The fraction of sp³-hybridized carbons (Fsp3) is 0.348. The first-order valence-corrected chi connectivity index (χ1v) is 12.2. The minimum atomic E-state index is -3.76. The van der Waals surface area contributed by atoms with E-state index in [2.05, 4.69) is 24.8 Å². The predicted octanol–water partition coefficient (Wildman–Crippen LogP) is 3.35. The number of hydrogen-bond donors (Lipinski definition) is 2. The number of anilines is 1. The lowest BCUT2D eigenvalue weighted by atomic mass is 10.1. The highest BCUT2D eigenvalue weighted by Gasteiger charge is 2.18. The second-order valence-electron chi connectivity index (χ2n) is 8.05. The van der Waals surface area contributed by atoms with Gasteiger partial charge in [0.15, 0.2) is 5.82 Å². The summed E-state index contributed by atoms with van der Waals surface area (Å²) in [5, 5.41) is 11.3. The Bertz CT molecular complexity index is 1230. The van der Waals surface area contributed by atoms with Crippen LogP contribution in [-0.4, -0.2) is 29.1 Å². The van der Waals surface area contributed by atoms with Crippen LogP contribution in [0.3, 0.4) is 0 Å². The van der Waals surface area contributed by atoms with Gasteiger partial charge in [-0.1, -0.05) is 18.6 Å². The van der Waals surface area contributed by atoms with E-state index in [1.807, 2.05) is 26.0 Å². The lowest BCUT2D eigenvalue weighted by molar-refractivity contribution is 0.0949. The van der Waals surface area contributed by atoms with Gasteiger partial charge in [0.2, 0.25) is 0 Å². The molecule has 1 amide bonds. The molecule has 0 atom stereocenters. The van der Waals surface area contributed by atoms with Gasteiger partial charge in [0.05, 0.1) is 17.1 Å². The Morgan fingerprint density at radius 3 is 2.59 bits per heavy atom. The lowest BCUT2D eigenvalue weighted by Gasteiger charge is -2.12. The molecule has 2 N–H and O–H groups in total. The maximum atomic E-state index is 12.8. The van der Waals surface area contributed by atoms with Gasteiger partial charge in [-0.25, -0.2) is 8.42 Å². The zero-order valence-corrected chi connectivity index (χ0v) is 19.1. The van der Waals surface area contributed by atoms with Crippen LogP contribution in [0.25, 0.3) is 0 Å². The highest BCUT2D eigenvalue weighted by molar-refractivity contribution is 7.92. The first-order valence-electron chi connectivity index (χ1n) is 10.7. The van der Waals surface area contributed by atoms with Gasteiger partial charge in [-0.05, 0) is 68.1 Å². The Balaban J connectivity index is 1.42. The number of fused-ring (bicyclic) bond motifs is 1. The standard InChI is InChI=1S/C23H27N5O3S/c1-16-7-6-8-20(17(16)2)27-32(30,31)19-12-10-18(11-13-19)23(29)24-15-22-26-25-21-9-4-3-5-14-28(21)22/h6-8,10-13,27H,3-5,9,14-15H2,1-2H3,(H,24,29). The molecule has 0 bridgehead atoms. The van der Waals surface area contributed by atoms with Crippen molar-refractivity contribution >= 4 is 21.6 Å². The number of hydrogen-bond acceptors (Lipinski definition) is 5. The number of carbonyl (C=O) groups is 1. The summed E-state index contributed by atoms with van der Waals surface area (Å²) in [7, 11) is -3.76. The van der Waals surface area contributed by atoms with Crippen LogP contribution in [0.4, 0.5) is 5.69 Å². The maximum Gasteiger partial charge on any atom is 0.261 e. The number of aryl methyl sites for hydroxylation is 2. The minimum Gasteiger partial charge on any atom is -0.345 e. The number of nitrogens with one attached hydrogen (secondary N) is 2. The van der Waals surface area contributed by atoms with Crippen molar-refractivity contribution in [2.75, 3.05) is 4.72 Å². The van der Waals surface area contributed by atoms with Gasteiger partial charge in [0.25, 0.3) is 15.9 Å². The zero-order chi connectivity index (χ0) is 22.7. The topological polar surface area (TPSA) is 106 Å². The van der Waals surface area contributed by atoms with Gasteiger partial charge >= 0.3 is 0 Å². The monoisotopic (exact) mass is 453 g/mol. The van der Waals surface area contributed by atoms with Crippen molar-refractivity contribution in [2.24, 2.45) is 0 Å². The lowest BCUT2D eigenvalue weighted by Crippen LogP contribution is -2.25.